The van der Waals surface area contributed by atoms with Crippen molar-refractivity contribution in [3.8, 4) is 22.5 Å². The van der Waals surface area contributed by atoms with Gasteiger partial charge in [0.15, 0.2) is 5.58 Å². The van der Waals surface area contributed by atoms with Gasteiger partial charge in [0.1, 0.15) is 5.58 Å². The molecule has 0 saturated heterocycles. The molecule has 5 heteroatoms. The van der Waals surface area contributed by atoms with Crippen LogP contribution in [-0.2, 0) is 20.1 Å². The van der Waals surface area contributed by atoms with Gasteiger partial charge in [0.25, 0.3) is 0 Å². The number of hydrogen-bond acceptors (Lipinski definition) is 3. The molecular formula is C32H28IrN2OSi-2. The summed E-state index contributed by atoms with van der Waals surface area (Å²) in [5, 5.41) is 3.57. The second-order valence-corrected chi connectivity index (χ2v) is 14.6. The Hall–Kier alpha value is -3.37. The molecular weight excluding hydrogens is 649 g/mol. The SMILES string of the molecule is C[Si](C)(C)c1[c-]c(-c2cc3c(cn2)oc2ccccc23)ccc1.[2H]C([2H])([2H])c1ccc(-c2[c-]cccc2)nc1.[Ir]. The molecule has 0 fully saturated rings. The minimum absolute atomic E-state index is 0. The van der Waals surface area contributed by atoms with Crippen LogP contribution >= 0.6 is 0 Å². The molecule has 37 heavy (non-hydrogen) atoms. The van der Waals surface area contributed by atoms with Crippen LogP contribution in [-0.4, -0.2) is 18.0 Å². The normalized spacial score (nSPS) is 12.6. The number of rotatable bonds is 3. The van der Waals surface area contributed by atoms with Gasteiger partial charge in [-0.05, 0) is 29.9 Å². The molecule has 1 radical (unpaired) electrons. The first-order valence-corrected chi connectivity index (χ1v) is 15.3. The summed E-state index contributed by atoms with van der Waals surface area (Å²) in [6.07, 6.45) is 3.21. The van der Waals surface area contributed by atoms with Gasteiger partial charge >= 0.3 is 0 Å². The Balaban J connectivity index is 0.000000192. The third-order valence-corrected chi connectivity index (χ3v) is 7.80. The molecule has 3 nitrogen and oxygen atoms in total. The summed E-state index contributed by atoms with van der Waals surface area (Å²) in [5.41, 5.74) is 5.58. The average Bonchev–Trinajstić information content (AvgIpc) is 3.31. The maximum atomic E-state index is 7.23. The molecule has 3 aromatic heterocycles. The predicted molar refractivity (Wildman–Crippen MR) is 152 cm³/mol. The minimum Gasteiger partial charge on any atom is -0.455 e. The van der Waals surface area contributed by atoms with Gasteiger partial charge in [-0.15, -0.1) is 70.9 Å². The van der Waals surface area contributed by atoms with E-state index in [0.29, 0.717) is 0 Å². The molecule has 0 aliphatic heterocycles. The van der Waals surface area contributed by atoms with Crippen LogP contribution in [0.25, 0.3) is 44.5 Å². The number of aryl methyl sites for hydroxylation is 1. The van der Waals surface area contributed by atoms with Gasteiger partial charge in [0.2, 0.25) is 0 Å². The number of aromatic nitrogens is 2. The summed E-state index contributed by atoms with van der Waals surface area (Å²) >= 11 is 0. The number of benzene rings is 3. The van der Waals surface area contributed by atoms with E-state index >= 15 is 0 Å². The quantitative estimate of drug-likeness (QED) is 0.141. The summed E-state index contributed by atoms with van der Waals surface area (Å²) < 4.78 is 27.6. The molecule has 0 saturated carbocycles. The van der Waals surface area contributed by atoms with Crippen molar-refractivity contribution in [1.29, 1.82) is 0 Å². The zero-order valence-corrected chi connectivity index (χ0v) is 24.3. The van der Waals surface area contributed by atoms with Crippen molar-refractivity contribution < 1.29 is 28.6 Å². The number of para-hydroxylation sites is 1. The number of fused-ring (bicyclic) bond motifs is 3. The Morgan fingerprint density at radius 3 is 2.27 bits per heavy atom. The molecule has 187 valence electrons. The smallest absolute Gasteiger partial charge is 0.151 e. The monoisotopic (exact) mass is 680 g/mol. The molecule has 0 aliphatic rings. The van der Waals surface area contributed by atoms with E-state index in [1.54, 1.807) is 18.2 Å². The molecule has 0 amide bonds. The van der Waals surface area contributed by atoms with Crippen LogP contribution in [0.2, 0.25) is 19.6 Å². The van der Waals surface area contributed by atoms with E-state index in [1.807, 2.05) is 42.6 Å². The number of nitrogens with zero attached hydrogens (tertiary/aromatic N) is 2. The Labute approximate surface area is 237 Å². The molecule has 0 N–H and O–H groups in total. The van der Waals surface area contributed by atoms with E-state index in [2.05, 4.69) is 72.1 Å². The van der Waals surface area contributed by atoms with Crippen LogP contribution < -0.4 is 5.19 Å². The van der Waals surface area contributed by atoms with Crippen molar-refractivity contribution in [2.24, 2.45) is 0 Å². The van der Waals surface area contributed by atoms with Crippen LogP contribution in [0.1, 0.15) is 9.68 Å². The van der Waals surface area contributed by atoms with Gasteiger partial charge in [-0.2, -0.15) is 0 Å². The molecule has 0 bridgehead atoms. The molecule has 0 spiro atoms. The van der Waals surface area contributed by atoms with Crippen molar-refractivity contribution in [1.82, 2.24) is 9.97 Å². The van der Waals surface area contributed by atoms with Crippen molar-refractivity contribution in [2.45, 2.75) is 26.5 Å². The van der Waals surface area contributed by atoms with Gasteiger partial charge in [0, 0.05) is 41.2 Å². The third kappa shape index (κ3) is 6.14. The van der Waals surface area contributed by atoms with Crippen LogP contribution in [0, 0.1) is 19.0 Å². The van der Waals surface area contributed by atoms with Gasteiger partial charge in [-0.25, -0.2) is 0 Å². The van der Waals surface area contributed by atoms with Crippen LogP contribution in [0.4, 0.5) is 0 Å². The van der Waals surface area contributed by atoms with Crippen molar-refractivity contribution in [2.75, 3.05) is 0 Å². The van der Waals surface area contributed by atoms with Crippen LogP contribution in [0.5, 0.6) is 0 Å². The van der Waals surface area contributed by atoms with E-state index in [-0.39, 0.29) is 25.7 Å². The topological polar surface area (TPSA) is 38.9 Å². The Morgan fingerprint density at radius 2 is 1.54 bits per heavy atom. The van der Waals surface area contributed by atoms with Crippen LogP contribution in [0.3, 0.4) is 0 Å². The van der Waals surface area contributed by atoms with E-state index in [1.165, 1.54) is 11.4 Å². The Morgan fingerprint density at radius 1 is 0.757 bits per heavy atom. The summed E-state index contributed by atoms with van der Waals surface area (Å²) in [7, 11) is -1.38. The number of pyridine rings is 2. The van der Waals surface area contributed by atoms with Crippen molar-refractivity contribution in [3.05, 3.63) is 115 Å². The summed E-state index contributed by atoms with van der Waals surface area (Å²) in [6, 6.07) is 33.9. The zero-order valence-electron chi connectivity index (χ0n) is 23.9. The van der Waals surface area contributed by atoms with E-state index in [0.717, 1.165) is 44.5 Å². The predicted octanol–water partition coefficient (Wildman–Crippen LogP) is 7.85. The fraction of sp³-hybridized carbons (Fsp3) is 0.125. The summed E-state index contributed by atoms with van der Waals surface area (Å²) in [4.78, 5) is 8.71. The zero-order chi connectivity index (χ0) is 27.6. The van der Waals surface area contributed by atoms with E-state index < -0.39 is 14.9 Å². The largest absolute Gasteiger partial charge is 0.455 e. The van der Waals surface area contributed by atoms with Gasteiger partial charge in [0.05, 0.1) is 14.3 Å². The van der Waals surface area contributed by atoms with Gasteiger partial charge < -0.3 is 14.4 Å². The van der Waals surface area contributed by atoms with Crippen molar-refractivity contribution >= 4 is 35.2 Å². The van der Waals surface area contributed by atoms with Crippen molar-refractivity contribution in [3.63, 3.8) is 0 Å². The first kappa shape index (κ1) is 22.8. The fourth-order valence-electron chi connectivity index (χ4n) is 3.94. The standard InChI is InChI=1S/C20H18NOSi.C12H10N.Ir/c1-23(2,3)15-8-6-7-14(11-15)18-12-17-16-9-4-5-10-19(16)22-20(17)13-21-18;1-10-7-8-12(13-9-10)11-5-3-2-4-6-11;/h4-10,12-13H,1-3H3;2-5,7-9H,1H3;/q2*-1;/i;1D3;. The molecule has 0 aliphatic carbocycles. The number of furan rings is 1. The molecule has 6 rings (SSSR count). The molecule has 3 aromatic carbocycles. The van der Waals surface area contributed by atoms with Gasteiger partial charge in [-0.3, -0.25) is 0 Å². The number of hydrogen-bond donors (Lipinski definition) is 0. The molecule has 6 aromatic rings. The summed E-state index contributed by atoms with van der Waals surface area (Å²) in [6.45, 7) is 4.92. The Kier molecular flexibility index (Phi) is 6.99. The Bertz CT molecular complexity index is 1730. The molecule has 0 atom stereocenters. The van der Waals surface area contributed by atoms with E-state index in [9.17, 15) is 0 Å². The maximum Gasteiger partial charge on any atom is 0.151 e. The maximum absolute atomic E-state index is 7.23. The first-order chi connectivity index (χ1) is 18.6. The van der Waals surface area contributed by atoms with E-state index in [4.69, 9.17) is 8.53 Å². The third-order valence-electron chi connectivity index (χ3n) is 5.89. The average molecular weight is 680 g/mol. The second-order valence-electron chi connectivity index (χ2n) is 9.60. The fourth-order valence-corrected chi connectivity index (χ4v) is 5.05. The summed E-state index contributed by atoms with van der Waals surface area (Å²) in [5.74, 6) is 0. The molecule has 0 unspecified atom stereocenters. The second kappa shape index (κ2) is 11.3. The van der Waals surface area contributed by atoms with Gasteiger partial charge in [-0.1, -0.05) is 56.0 Å². The molecule has 3 heterocycles. The minimum atomic E-state index is -2.09. The van der Waals surface area contributed by atoms with Crippen LogP contribution in [0.15, 0.2) is 102 Å². The first-order valence-electron chi connectivity index (χ1n) is 13.3.